The number of nitrogens with zero attached hydrogens (tertiary/aromatic N) is 5. The number of carbonyl (C=O) groups is 2. The maximum Gasteiger partial charge on any atom is 0.258 e. The van der Waals surface area contributed by atoms with Crippen molar-refractivity contribution in [1.29, 1.82) is 0 Å². The normalized spacial score (nSPS) is 20.2. The molecule has 4 heterocycles. The molecular weight excluding hydrogens is 516 g/mol. The highest BCUT2D eigenvalue weighted by Crippen LogP contribution is 2.33. The van der Waals surface area contributed by atoms with Crippen molar-refractivity contribution in [2.75, 3.05) is 38.6 Å². The monoisotopic (exact) mass is 558 g/mol. The van der Waals surface area contributed by atoms with E-state index in [1.54, 1.807) is 31.4 Å². The maximum absolute atomic E-state index is 13.5. The molecule has 2 aromatic heterocycles. The number of anilines is 1. The van der Waals surface area contributed by atoms with E-state index in [0.717, 1.165) is 79.8 Å². The van der Waals surface area contributed by atoms with Crippen molar-refractivity contribution < 1.29 is 14.3 Å². The minimum atomic E-state index is -0.217. The van der Waals surface area contributed by atoms with Gasteiger partial charge >= 0.3 is 0 Å². The Morgan fingerprint density at radius 3 is 2.51 bits per heavy atom. The number of aromatic nitrogens is 3. The smallest absolute Gasteiger partial charge is 0.258 e. The molecule has 9 heteroatoms. The van der Waals surface area contributed by atoms with E-state index >= 15 is 0 Å². The molecule has 1 aromatic carbocycles. The molecule has 218 valence electrons. The number of methoxy groups -OCH3 is 1. The number of aryl methyl sites for hydroxylation is 3. The van der Waals surface area contributed by atoms with E-state index in [9.17, 15) is 9.59 Å². The fraction of sp³-hybridized carbons (Fsp3) is 0.500. The third-order valence-corrected chi connectivity index (χ3v) is 8.21. The number of imidazole rings is 1. The molecule has 3 aromatic rings. The summed E-state index contributed by atoms with van der Waals surface area (Å²) in [6.45, 7) is 11.8. The molecule has 2 saturated heterocycles. The van der Waals surface area contributed by atoms with Gasteiger partial charge in [-0.1, -0.05) is 12.1 Å². The Bertz CT molecular complexity index is 1440. The van der Waals surface area contributed by atoms with Gasteiger partial charge in [0.1, 0.15) is 0 Å². The molecule has 0 bridgehead atoms. The van der Waals surface area contributed by atoms with Crippen LogP contribution in [0.3, 0.4) is 0 Å². The first-order chi connectivity index (χ1) is 19.7. The first kappa shape index (κ1) is 29.0. The molecule has 0 unspecified atom stereocenters. The van der Waals surface area contributed by atoms with E-state index in [1.165, 1.54) is 5.56 Å². The molecule has 2 amide bonds. The number of pyridine rings is 1. The minimum Gasteiger partial charge on any atom is -0.380 e. The van der Waals surface area contributed by atoms with Crippen LogP contribution in [0.15, 0.2) is 36.4 Å². The fourth-order valence-electron chi connectivity index (χ4n) is 6.35. The predicted molar refractivity (Wildman–Crippen MR) is 161 cm³/mol. The predicted octanol–water partition coefficient (Wildman–Crippen LogP) is 4.96. The van der Waals surface area contributed by atoms with E-state index < -0.39 is 0 Å². The van der Waals surface area contributed by atoms with Gasteiger partial charge in [-0.15, -0.1) is 0 Å². The molecule has 0 spiro atoms. The second-order valence-electron chi connectivity index (χ2n) is 11.5. The van der Waals surface area contributed by atoms with Crippen LogP contribution < -0.4 is 5.32 Å². The quantitative estimate of drug-likeness (QED) is 0.412. The summed E-state index contributed by atoms with van der Waals surface area (Å²) in [7, 11) is 1.78. The molecule has 5 rings (SSSR count). The van der Waals surface area contributed by atoms with E-state index in [4.69, 9.17) is 9.72 Å². The number of hydrogen-bond donors (Lipinski definition) is 1. The summed E-state index contributed by atoms with van der Waals surface area (Å²) >= 11 is 0. The van der Waals surface area contributed by atoms with Crippen molar-refractivity contribution in [3.8, 4) is 0 Å². The lowest BCUT2D eigenvalue weighted by molar-refractivity contribution is -0.126. The van der Waals surface area contributed by atoms with E-state index in [2.05, 4.69) is 38.8 Å². The summed E-state index contributed by atoms with van der Waals surface area (Å²) in [5, 5.41) is 3.13. The van der Waals surface area contributed by atoms with Crippen LogP contribution in [0.1, 0.15) is 71.5 Å². The maximum atomic E-state index is 13.5. The van der Waals surface area contributed by atoms with Crippen LogP contribution in [0.5, 0.6) is 0 Å². The Hall–Kier alpha value is -3.56. The second-order valence-corrected chi connectivity index (χ2v) is 11.5. The van der Waals surface area contributed by atoms with Crippen molar-refractivity contribution in [2.45, 2.75) is 72.1 Å². The summed E-state index contributed by atoms with van der Waals surface area (Å²) in [4.78, 5) is 40.2. The molecule has 1 N–H and O–H groups in total. The zero-order chi connectivity index (χ0) is 29.1. The summed E-state index contributed by atoms with van der Waals surface area (Å²) in [6.07, 6.45) is 7.59. The summed E-state index contributed by atoms with van der Waals surface area (Å²) in [5.74, 6) is 0.325. The van der Waals surface area contributed by atoms with Crippen LogP contribution >= 0.6 is 0 Å². The summed E-state index contributed by atoms with van der Waals surface area (Å²) in [5.41, 5.74) is 6.31. The Labute approximate surface area is 242 Å². The molecule has 2 atom stereocenters. The van der Waals surface area contributed by atoms with Crippen LogP contribution in [0.2, 0.25) is 0 Å². The SMILES string of the molecule is CC=CC(=O)N1CCCC[C@@H](n2c(NC(=O)c3cc(C)nc(C)c3)nc3cc(CN4CC[C@H](OC)C4)cc(C)c32)C1. The highest BCUT2D eigenvalue weighted by atomic mass is 16.5. The second kappa shape index (κ2) is 12.5. The minimum absolute atomic E-state index is 0.0153. The lowest BCUT2D eigenvalue weighted by Gasteiger charge is -2.26. The molecule has 0 aliphatic carbocycles. The summed E-state index contributed by atoms with van der Waals surface area (Å²) in [6, 6.07) is 7.96. The Morgan fingerprint density at radius 1 is 1.02 bits per heavy atom. The van der Waals surface area contributed by atoms with Crippen LogP contribution in [0.4, 0.5) is 5.95 Å². The number of carbonyl (C=O) groups excluding carboxylic acids is 2. The number of ether oxygens (including phenoxy) is 1. The first-order valence-electron chi connectivity index (χ1n) is 14.7. The summed E-state index contributed by atoms with van der Waals surface area (Å²) < 4.78 is 7.74. The van der Waals surface area contributed by atoms with Crippen LogP contribution in [-0.2, 0) is 16.1 Å². The topological polar surface area (TPSA) is 92.6 Å². The van der Waals surface area contributed by atoms with Crippen molar-refractivity contribution >= 4 is 28.8 Å². The number of hydrogen-bond acceptors (Lipinski definition) is 6. The molecule has 2 fully saturated rings. The standard InChI is InChI=1S/C32H42N6O3/c1-6-9-29(39)37-12-8-7-10-26(19-37)38-30-21(2)14-24(18-36-13-11-27(20-36)41-5)17-28(30)34-32(38)35-31(40)25-15-22(3)33-23(4)16-25/h6,9,14-17,26-27H,7-8,10-13,18-20H2,1-5H3,(H,34,35,40)/t26-,27+/m1/s1. The van der Waals surface area contributed by atoms with Crippen LogP contribution in [0, 0.1) is 20.8 Å². The number of fused-ring (bicyclic) bond motifs is 1. The van der Waals surface area contributed by atoms with Crippen LogP contribution in [-0.4, -0.2) is 75.5 Å². The van der Waals surface area contributed by atoms with Crippen molar-refractivity contribution in [3.63, 3.8) is 0 Å². The Morgan fingerprint density at radius 2 is 1.80 bits per heavy atom. The van der Waals surface area contributed by atoms with Crippen molar-refractivity contribution in [1.82, 2.24) is 24.3 Å². The van der Waals surface area contributed by atoms with Crippen molar-refractivity contribution in [2.24, 2.45) is 0 Å². The van der Waals surface area contributed by atoms with Gasteiger partial charge in [0.25, 0.3) is 5.91 Å². The van der Waals surface area contributed by atoms with Crippen LogP contribution in [0.25, 0.3) is 11.0 Å². The third-order valence-electron chi connectivity index (χ3n) is 8.21. The fourth-order valence-corrected chi connectivity index (χ4v) is 6.35. The van der Waals surface area contributed by atoms with E-state index in [0.29, 0.717) is 18.1 Å². The van der Waals surface area contributed by atoms with Gasteiger partial charge < -0.3 is 14.2 Å². The van der Waals surface area contributed by atoms with E-state index in [-0.39, 0.29) is 24.0 Å². The number of nitrogens with one attached hydrogen (secondary N) is 1. The van der Waals surface area contributed by atoms with E-state index in [1.807, 2.05) is 25.7 Å². The molecule has 0 saturated carbocycles. The molecule has 2 aliphatic rings. The molecule has 9 nitrogen and oxygen atoms in total. The molecular formula is C32H42N6O3. The molecule has 2 aliphatic heterocycles. The largest absolute Gasteiger partial charge is 0.380 e. The lowest BCUT2D eigenvalue weighted by atomic mass is 10.1. The van der Waals surface area contributed by atoms with Gasteiger partial charge in [0.2, 0.25) is 11.9 Å². The average Bonchev–Trinajstić information content (AvgIpc) is 3.44. The lowest BCUT2D eigenvalue weighted by Crippen LogP contribution is -2.34. The average molecular weight is 559 g/mol. The van der Waals surface area contributed by atoms with Gasteiger partial charge in [-0.25, -0.2) is 4.98 Å². The number of allylic oxidation sites excluding steroid dienone is 1. The zero-order valence-electron chi connectivity index (χ0n) is 24.9. The van der Waals surface area contributed by atoms with Gasteiger partial charge in [0, 0.05) is 56.8 Å². The van der Waals surface area contributed by atoms with Gasteiger partial charge in [0.05, 0.1) is 23.2 Å². The molecule has 41 heavy (non-hydrogen) atoms. The number of benzene rings is 1. The zero-order valence-corrected chi connectivity index (χ0v) is 24.9. The Kier molecular flexibility index (Phi) is 8.85. The third kappa shape index (κ3) is 6.52. The first-order valence-corrected chi connectivity index (χ1v) is 14.7. The van der Waals surface area contributed by atoms with Crippen molar-refractivity contribution in [3.05, 3.63) is 64.5 Å². The van der Waals surface area contributed by atoms with Gasteiger partial charge in [0.15, 0.2) is 0 Å². The number of amides is 2. The number of rotatable bonds is 7. The number of likely N-dealkylation sites (tertiary alicyclic amines) is 2. The highest BCUT2D eigenvalue weighted by Gasteiger charge is 2.28. The van der Waals surface area contributed by atoms with Gasteiger partial charge in [-0.05, 0) is 88.8 Å². The van der Waals surface area contributed by atoms with Gasteiger partial charge in [-0.3, -0.25) is 24.8 Å². The Balaban J connectivity index is 1.54. The molecule has 0 radical (unpaired) electrons. The highest BCUT2D eigenvalue weighted by molar-refractivity contribution is 6.04. The van der Waals surface area contributed by atoms with Gasteiger partial charge in [-0.2, -0.15) is 0 Å².